The van der Waals surface area contributed by atoms with E-state index in [-0.39, 0.29) is 6.04 Å². The second kappa shape index (κ2) is 6.75. The lowest BCUT2D eigenvalue weighted by Crippen LogP contribution is -2.29. The number of hydrogen-bond acceptors (Lipinski definition) is 5. The first-order valence-electron chi connectivity index (χ1n) is 6.55. The van der Waals surface area contributed by atoms with Crippen LogP contribution >= 0.6 is 11.3 Å². The molecular weight excluding hydrogens is 256 g/mol. The highest BCUT2D eigenvalue weighted by molar-refractivity contribution is 7.07. The largest absolute Gasteiger partial charge is 0.271 e. The number of hydrazine groups is 1. The number of aromatic nitrogens is 2. The highest BCUT2D eigenvalue weighted by atomic mass is 32.1. The summed E-state index contributed by atoms with van der Waals surface area (Å²) in [4.78, 5) is 0. The highest BCUT2D eigenvalue weighted by Gasteiger charge is 2.15. The van der Waals surface area contributed by atoms with Gasteiger partial charge in [-0.15, -0.1) is 0 Å². The van der Waals surface area contributed by atoms with Crippen LogP contribution in [0, 0.1) is 6.92 Å². The lowest BCUT2D eigenvalue weighted by Gasteiger charge is -2.18. The molecule has 0 amide bonds. The van der Waals surface area contributed by atoms with Gasteiger partial charge in [-0.05, 0) is 60.2 Å². The minimum Gasteiger partial charge on any atom is -0.271 e. The van der Waals surface area contributed by atoms with E-state index in [1.54, 1.807) is 11.3 Å². The molecule has 2 rings (SSSR count). The van der Waals surface area contributed by atoms with Crippen molar-refractivity contribution in [2.24, 2.45) is 5.84 Å². The third kappa shape index (κ3) is 3.59. The van der Waals surface area contributed by atoms with Crippen molar-refractivity contribution in [2.45, 2.75) is 39.2 Å². The van der Waals surface area contributed by atoms with Crippen LogP contribution in [0.1, 0.15) is 41.9 Å². The van der Waals surface area contributed by atoms with Gasteiger partial charge in [0.1, 0.15) is 0 Å². The molecule has 0 aliphatic rings. The van der Waals surface area contributed by atoms with E-state index in [0.29, 0.717) is 0 Å². The minimum absolute atomic E-state index is 0.129. The van der Waals surface area contributed by atoms with E-state index in [4.69, 9.17) is 5.84 Å². The Morgan fingerprint density at radius 3 is 2.89 bits per heavy atom. The average molecular weight is 276 g/mol. The molecule has 0 saturated heterocycles. The molecule has 0 aliphatic carbocycles. The maximum atomic E-state index is 5.72. The first-order chi connectivity index (χ1) is 9.24. The molecular formula is C14H20N4S. The van der Waals surface area contributed by atoms with Crippen LogP contribution in [-0.4, -0.2) is 10.2 Å². The van der Waals surface area contributed by atoms with E-state index in [1.807, 2.05) is 6.92 Å². The summed E-state index contributed by atoms with van der Waals surface area (Å²) in [5.74, 6) is 5.72. The van der Waals surface area contributed by atoms with Gasteiger partial charge < -0.3 is 0 Å². The third-order valence-electron chi connectivity index (χ3n) is 3.24. The van der Waals surface area contributed by atoms with Gasteiger partial charge in [-0.3, -0.25) is 11.3 Å². The van der Waals surface area contributed by atoms with E-state index < -0.39 is 0 Å². The number of nitrogens with zero attached hydrogens (tertiary/aromatic N) is 2. The molecule has 1 unspecified atom stereocenters. The minimum atomic E-state index is 0.129. The summed E-state index contributed by atoms with van der Waals surface area (Å²) in [6, 6.07) is 4.38. The van der Waals surface area contributed by atoms with E-state index in [9.17, 15) is 0 Å². The quantitative estimate of drug-likeness (QED) is 0.628. The van der Waals surface area contributed by atoms with Crippen molar-refractivity contribution < 1.29 is 0 Å². The molecule has 0 aromatic carbocycles. The molecule has 1 atom stereocenters. The van der Waals surface area contributed by atoms with Crippen LogP contribution in [0.25, 0.3) is 0 Å². The van der Waals surface area contributed by atoms with E-state index in [2.05, 4.69) is 45.4 Å². The Kier molecular flexibility index (Phi) is 5.01. The van der Waals surface area contributed by atoms with Crippen LogP contribution in [-0.2, 0) is 12.8 Å². The third-order valence-corrected chi connectivity index (χ3v) is 3.97. The Hall–Kier alpha value is -1.30. The van der Waals surface area contributed by atoms with Gasteiger partial charge in [0, 0.05) is 6.04 Å². The maximum Gasteiger partial charge on any atom is 0.0676 e. The molecule has 102 valence electrons. The van der Waals surface area contributed by atoms with E-state index in [1.165, 1.54) is 11.1 Å². The fourth-order valence-electron chi connectivity index (χ4n) is 2.19. The average Bonchev–Trinajstić information content (AvgIpc) is 2.93. The van der Waals surface area contributed by atoms with Crippen LogP contribution in [0.15, 0.2) is 22.9 Å². The first-order valence-corrected chi connectivity index (χ1v) is 7.49. The summed E-state index contributed by atoms with van der Waals surface area (Å²) in [7, 11) is 0. The summed E-state index contributed by atoms with van der Waals surface area (Å²) in [6.07, 6.45) is 2.85. The van der Waals surface area contributed by atoms with Crippen molar-refractivity contribution >= 4 is 11.3 Å². The normalized spacial score (nSPS) is 12.6. The molecule has 19 heavy (non-hydrogen) atoms. The van der Waals surface area contributed by atoms with Gasteiger partial charge in [-0.2, -0.15) is 21.5 Å². The second-order valence-corrected chi connectivity index (χ2v) is 5.41. The molecule has 5 heteroatoms. The second-order valence-electron chi connectivity index (χ2n) is 4.63. The SMILES string of the molecule is CCc1nnc(C)cc1C(CCc1ccsc1)NN. The zero-order valence-corrected chi connectivity index (χ0v) is 12.2. The van der Waals surface area contributed by atoms with Crippen molar-refractivity contribution in [1.82, 2.24) is 15.6 Å². The molecule has 0 bridgehead atoms. The van der Waals surface area contributed by atoms with E-state index >= 15 is 0 Å². The molecule has 0 radical (unpaired) electrons. The lowest BCUT2D eigenvalue weighted by atomic mass is 9.98. The van der Waals surface area contributed by atoms with Crippen molar-refractivity contribution in [2.75, 3.05) is 0 Å². The maximum absolute atomic E-state index is 5.72. The van der Waals surface area contributed by atoms with Gasteiger partial charge in [0.15, 0.2) is 0 Å². The number of aryl methyl sites for hydroxylation is 3. The van der Waals surface area contributed by atoms with E-state index in [0.717, 1.165) is 30.7 Å². The van der Waals surface area contributed by atoms with Gasteiger partial charge >= 0.3 is 0 Å². The van der Waals surface area contributed by atoms with Crippen LogP contribution in [0.3, 0.4) is 0 Å². The Bertz CT molecular complexity index is 510. The number of nitrogens with two attached hydrogens (primary N) is 1. The van der Waals surface area contributed by atoms with Crippen molar-refractivity contribution in [3.8, 4) is 0 Å². The monoisotopic (exact) mass is 276 g/mol. The molecule has 0 saturated carbocycles. The number of thiophene rings is 1. The molecule has 2 heterocycles. The van der Waals surface area contributed by atoms with Gasteiger partial charge in [0.25, 0.3) is 0 Å². The van der Waals surface area contributed by atoms with Gasteiger partial charge in [0.05, 0.1) is 11.4 Å². The Labute approximate surface area is 118 Å². The van der Waals surface area contributed by atoms with Crippen LogP contribution in [0.5, 0.6) is 0 Å². The molecule has 2 aromatic rings. The highest BCUT2D eigenvalue weighted by Crippen LogP contribution is 2.22. The summed E-state index contributed by atoms with van der Waals surface area (Å²) in [5, 5.41) is 12.7. The number of rotatable bonds is 6. The molecule has 0 aliphatic heterocycles. The predicted molar refractivity (Wildman–Crippen MR) is 78.9 cm³/mol. The van der Waals surface area contributed by atoms with Crippen molar-refractivity contribution in [3.05, 3.63) is 45.4 Å². The first kappa shape index (κ1) is 14.1. The summed E-state index contributed by atoms with van der Waals surface area (Å²) < 4.78 is 0. The number of hydrogen-bond donors (Lipinski definition) is 2. The van der Waals surface area contributed by atoms with Gasteiger partial charge in [-0.25, -0.2) is 0 Å². The smallest absolute Gasteiger partial charge is 0.0676 e. The zero-order valence-electron chi connectivity index (χ0n) is 11.4. The Balaban J connectivity index is 2.14. The van der Waals surface area contributed by atoms with Crippen LogP contribution in [0.2, 0.25) is 0 Å². The molecule has 4 nitrogen and oxygen atoms in total. The van der Waals surface area contributed by atoms with Crippen LogP contribution in [0.4, 0.5) is 0 Å². The Morgan fingerprint density at radius 1 is 1.42 bits per heavy atom. The zero-order chi connectivity index (χ0) is 13.7. The molecule has 0 fully saturated rings. The topological polar surface area (TPSA) is 63.8 Å². The number of nitrogens with one attached hydrogen (secondary N) is 1. The van der Waals surface area contributed by atoms with Crippen molar-refractivity contribution in [1.29, 1.82) is 0 Å². The van der Waals surface area contributed by atoms with Crippen molar-refractivity contribution in [3.63, 3.8) is 0 Å². The summed E-state index contributed by atoms with van der Waals surface area (Å²) in [5.41, 5.74) is 7.42. The lowest BCUT2D eigenvalue weighted by molar-refractivity contribution is 0.508. The predicted octanol–water partition coefficient (Wildman–Crippen LogP) is 2.55. The Morgan fingerprint density at radius 2 is 2.26 bits per heavy atom. The standard InChI is InChI=1S/C14H20N4S/c1-3-13-12(8-10(2)17-18-13)14(16-15)5-4-11-6-7-19-9-11/h6-9,14,16H,3-5,15H2,1-2H3. The summed E-state index contributed by atoms with van der Waals surface area (Å²) >= 11 is 1.73. The molecule has 3 N–H and O–H groups in total. The molecule has 2 aromatic heterocycles. The van der Waals surface area contributed by atoms with Gasteiger partial charge in [-0.1, -0.05) is 6.92 Å². The van der Waals surface area contributed by atoms with Gasteiger partial charge in [0.2, 0.25) is 0 Å². The summed E-state index contributed by atoms with van der Waals surface area (Å²) in [6.45, 7) is 4.05. The fourth-order valence-corrected chi connectivity index (χ4v) is 2.89. The molecule has 0 spiro atoms. The fraction of sp³-hybridized carbons (Fsp3) is 0.429. The van der Waals surface area contributed by atoms with Crippen LogP contribution < -0.4 is 11.3 Å².